The van der Waals surface area contributed by atoms with Gasteiger partial charge in [-0.3, -0.25) is 14.9 Å². The molecule has 0 bridgehead atoms. The fraction of sp³-hybridized carbons (Fsp3) is 0.286. The van der Waals surface area contributed by atoms with Gasteiger partial charge in [-0.15, -0.1) is 0 Å². The highest BCUT2D eigenvalue weighted by molar-refractivity contribution is 7.98. The zero-order valence-corrected chi connectivity index (χ0v) is 21.4. The smallest absolute Gasteiger partial charge is 0.325 e. The van der Waals surface area contributed by atoms with Gasteiger partial charge in [0.1, 0.15) is 10.9 Å². The fourth-order valence-electron chi connectivity index (χ4n) is 2.79. The summed E-state index contributed by atoms with van der Waals surface area (Å²) in [6.45, 7) is 0. The van der Waals surface area contributed by atoms with Crippen LogP contribution in [0.3, 0.4) is 0 Å². The van der Waals surface area contributed by atoms with E-state index in [-0.39, 0.29) is 26.9 Å². The lowest BCUT2D eigenvalue weighted by Crippen LogP contribution is -2.45. The van der Waals surface area contributed by atoms with Crippen LogP contribution in [0.2, 0.25) is 10.0 Å². The quantitative estimate of drug-likeness (QED) is 0.389. The first-order valence-electron chi connectivity index (χ1n) is 9.84. The highest BCUT2D eigenvalue weighted by Gasteiger charge is 2.33. The van der Waals surface area contributed by atoms with Gasteiger partial charge in [-0.05, 0) is 30.6 Å². The van der Waals surface area contributed by atoms with Gasteiger partial charge in [0.25, 0.3) is 5.91 Å². The summed E-state index contributed by atoms with van der Waals surface area (Å²) >= 11 is 13.5. The molecule has 0 heterocycles. The predicted octanol–water partition coefficient (Wildman–Crippen LogP) is 3.13. The zero-order valence-electron chi connectivity index (χ0n) is 18.2. The molecule has 13 heteroatoms. The molecule has 0 unspecified atom stereocenters. The molecule has 0 aliphatic heterocycles. The monoisotopic (exact) mass is 547 g/mol. The highest BCUT2D eigenvalue weighted by atomic mass is 35.5. The molecule has 2 rings (SSSR count). The Balaban J connectivity index is 2.34. The van der Waals surface area contributed by atoms with E-state index in [2.05, 4.69) is 15.4 Å². The van der Waals surface area contributed by atoms with Gasteiger partial charge in [-0.25, -0.2) is 13.2 Å². The summed E-state index contributed by atoms with van der Waals surface area (Å²) in [5, 5.41) is 4.05. The van der Waals surface area contributed by atoms with Crippen molar-refractivity contribution >= 4 is 62.9 Å². The summed E-state index contributed by atoms with van der Waals surface area (Å²) in [5.74, 6) is -1.51. The third-order valence-electron chi connectivity index (χ3n) is 4.42. The van der Waals surface area contributed by atoms with E-state index in [1.807, 2.05) is 0 Å². The van der Waals surface area contributed by atoms with Crippen LogP contribution in [0.1, 0.15) is 18.1 Å². The van der Waals surface area contributed by atoms with Crippen molar-refractivity contribution in [3.8, 4) is 0 Å². The second kappa shape index (κ2) is 13.0. The molecule has 0 saturated heterocycles. The highest BCUT2D eigenvalue weighted by Crippen LogP contribution is 2.29. The number of imide groups is 1. The molecule has 34 heavy (non-hydrogen) atoms. The van der Waals surface area contributed by atoms with Crippen molar-refractivity contribution in [2.24, 2.45) is 0 Å². The lowest BCUT2D eigenvalue weighted by Gasteiger charge is -2.22. The van der Waals surface area contributed by atoms with Gasteiger partial charge in [-0.1, -0.05) is 59.6 Å². The minimum absolute atomic E-state index is 0.0554. The van der Waals surface area contributed by atoms with E-state index in [1.54, 1.807) is 24.5 Å². The van der Waals surface area contributed by atoms with E-state index in [4.69, 9.17) is 27.9 Å². The summed E-state index contributed by atoms with van der Waals surface area (Å²) < 4.78 is 33.7. The predicted molar refractivity (Wildman–Crippen MR) is 131 cm³/mol. The minimum atomic E-state index is -4.33. The van der Waals surface area contributed by atoms with E-state index in [0.717, 1.165) is 0 Å². The molecule has 0 aliphatic carbocycles. The molecule has 2 aromatic rings. The Morgan fingerprint density at radius 2 is 1.65 bits per heavy atom. The zero-order chi connectivity index (χ0) is 25.3. The molecular formula is C21H23Cl2N3O6S2. The van der Waals surface area contributed by atoms with Crippen LogP contribution in [0, 0.1) is 0 Å². The first-order valence-corrected chi connectivity index (χ1v) is 13.5. The number of amides is 3. The van der Waals surface area contributed by atoms with Gasteiger partial charge >= 0.3 is 12.0 Å². The average molecular weight is 548 g/mol. The normalized spacial score (nSPS) is 12.9. The van der Waals surface area contributed by atoms with Crippen molar-refractivity contribution in [2.45, 2.75) is 23.5 Å². The Morgan fingerprint density at radius 3 is 2.21 bits per heavy atom. The van der Waals surface area contributed by atoms with Crippen molar-refractivity contribution in [1.82, 2.24) is 15.4 Å². The maximum atomic E-state index is 13.1. The van der Waals surface area contributed by atoms with Crippen LogP contribution in [0.4, 0.5) is 4.79 Å². The molecule has 184 valence electrons. The van der Waals surface area contributed by atoms with Gasteiger partial charge in [0.05, 0.1) is 10.0 Å². The second-order valence-electron chi connectivity index (χ2n) is 6.80. The van der Waals surface area contributed by atoms with Crippen molar-refractivity contribution in [2.75, 3.05) is 19.1 Å². The number of ether oxygens (including phenoxy) is 1. The van der Waals surface area contributed by atoms with Crippen molar-refractivity contribution in [3.63, 3.8) is 0 Å². The van der Waals surface area contributed by atoms with Gasteiger partial charge < -0.3 is 10.1 Å². The Kier molecular flexibility index (Phi) is 10.6. The van der Waals surface area contributed by atoms with Crippen LogP contribution in [0.15, 0.2) is 53.4 Å². The SMILES string of the molecule is CNC(=O)NC(=O)[C@H](OC(=O)[C@H](CCSC)NS(=O)(=O)c1c(Cl)cccc1Cl)c1ccccc1. The number of benzene rings is 2. The molecule has 0 spiro atoms. The van der Waals surface area contributed by atoms with E-state index >= 15 is 0 Å². The number of rotatable bonds is 10. The van der Waals surface area contributed by atoms with E-state index in [9.17, 15) is 22.8 Å². The maximum Gasteiger partial charge on any atom is 0.325 e. The molecule has 0 fully saturated rings. The summed E-state index contributed by atoms with van der Waals surface area (Å²) in [6.07, 6.45) is 0.335. The third-order valence-corrected chi connectivity index (χ3v) is 7.49. The van der Waals surface area contributed by atoms with Gasteiger partial charge in [0.2, 0.25) is 16.1 Å². The van der Waals surface area contributed by atoms with Gasteiger partial charge in [0, 0.05) is 12.6 Å². The van der Waals surface area contributed by atoms with E-state index in [0.29, 0.717) is 5.75 Å². The number of hydrogen-bond donors (Lipinski definition) is 3. The van der Waals surface area contributed by atoms with Crippen molar-refractivity contribution in [1.29, 1.82) is 0 Å². The summed E-state index contributed by atoms with van der Waals surface area (Å²) in [6, 6.07) is 10.0. The Hall–Kier alpha value is -2.31. The molecule has 3 N–H and O–H groups in total. The molecule has 0 aromatic heterocycles. The molecule has 0 radical (unpaired) electrons. The Morgan fingerprint density at radius 1 is 1.03 bits per heavy atom. The van der Waals surface area contributed by atoms with E-state index in [1.165, 1.54) is 49.1 Å². The second-order valence-corrected chi connectivity index (χ2v) is 10.3. The third kappa shape index (κ3) is 7.60. The number of esters is 1. The standard InChI is InChI=1S/C21H23Cl2N3O6S2/c1-24-21(29)25-19(27)17(13-7-4-3-5-8-13)32-20(28)16(11-12-33-2)26-34(30,31)18-14(22)9-6-10-15(18)23/h3-10,16-17,26H,11-12H2,1-2H3,(H2,24,25,27,29)/t16-,17+/m0/s1. The van der Waals surface area contributed by atoms with Crippen LogP contribution >= 0.6 is 35.0 Å². The van der Waals surface area contributed by atoms with Crippen LogP contribution < -0.4 is 15.4 Å². The summed E-state index contributed by atoms with van der Waals surface area (Å²) in [7, 11) is -3.01. The number of thioether (sulfide) groups is 1. The number of urea groups is 1. The number of nitrogens with one attached hydrogen (secondary N) is 3. The van der Waals surface area contributed by atoms with E-state index < -0.39 is 40.1 Å². The summed E-state index contributed by atoms with van der Waals surface area (Å²) in [4.78, 5) is 37.0. The molecule has 0 aliphatic rings. The number of carbonyl (C=O) groups is 3. The van der Waals surface area contributed by atoms with Gasteiger partial charge in [-0.2, -0.15) is 16.5 Å². The molecule has 0 saturated carbocycles. The van der Waals surface area contributed by atoms with Crippen LogP contribution in [-0.2, 0) is 24.3 Å². The Labute approximate surface area is 212 Å². The molecule has 2 atom stereocenters. The largest absolute Gasteiger partial charge is 0.446 e. The van der Waals surface area contributed by atoms with Gasteiger partial charge in [0.15, 0.2) is 0 Å². The minimum Gasteiger partial charge on any atom is -0.446 e. The number of sulfonamides is 1. The Bertz CT molecular complexity index is 1110. The first-order chi connectivity index (χ1) is 16.1. The van der Waals surface area contributed by atoms with Crippen molar-refractivity contribution < 1.29 is 27.5 Å². The fourth-order valence-corrected chi connectivity index (χ4v) is 5.62. The molecule has 2 aromatic carbocycles. The maximum absolute atomic E-state index is 13.1. The number of halogens is 2. The molecular weight excluding hydrogens is 525 g/mol. The lowest BCUT2D eigenvalue weighted by molar-refractivity contribution is -0.157. The number of carbonyl (C=O) groups excluding carboxylic acids is 3. The number of hydrogen-bond acceptors (Lipinski definition) is 7. The molecule has 9 nitrogen and oxygen atoms in total. The average Bonchev–Trinajstić information content (AvgIpc) is 2.80. The summed E-state index contributed by atoms with van der Waals surface area (Å²) in [5.41, 5.74) is 0.290. The van der Waals surface area contributed by atoms with Crippen molar-refractivity contribution in [3.05, 3.63) is 64.1 Å². The lowest BCUT2D eigenvalue weighted by atomic mass is 10.1. The molecule has 3 amide bonds. The topological polar surface area (TPSA) is 131 Å². The first kappa shape index (κ1) is 27.9. The van der Waals surface area contributed by atoms with Crippen LogP contribution in [0.25, 0.3) is 0 Å². The van der Waals surface area contributed by atoms with Crippen LogP contribution in [-0.4, -0.2) is 51.4 Å². The van der Waals surface area contributed by atoms with Crippen LogP contribution in [0.5, 0.6) is 0 Å².